The van der Waals surface area contributed by atoms with Gasteiger partial charge in [-0.15, -0.1) is 24.8 Å². The predicted molar refractivity (Wildman–Crippen MR) is 102 cm³/mol. The average molecular weight is 394 g/mol. The molecule has 2 heterocycles. The smallest absolute Gasteiger partial charge is 0.225 e. The highest BCUT2D eigenvalue weighted by Gasteiger charge is 2.39. The summed E-state index contributed by atoms with van der Waals surface area (Å²) >= 11 is 0. The molecule has 2 amide bonds. The van der Waals surface area contributed by atoms with Crippen LogP contribution in [0.15, 0.2) is 12.4 Å². The molecular weight excluding hydrogens is 365 g/mol. The Morgan fingerprint density at radius 2 is 2.08 bits per heavy atom. The summed E-state index contributed by atoms with van der Waals surface area (Å²) in [6, 6.07) is -0.0249. The van der Waals surface area contributed by atoms with Crippen molar-refractivity contribution in [3.05, 3.63) is 18.0 Å². The third kappa shape index (κ3) is 5.87. The number of nitrogens with zero attached hydrogens (tertiary/aromatic N) is 3. The monoisotopic (exact) mass is 393 g/mol. The number of likely N-dealkylation sites (N-methyl/N-ethyl adjacent to an activating group) is 1. The zero-order valence-electron chi connectivity index (χ0n) is 15.2. The zero-order chi connectivity index (χ0) is 17.0. The molecule has 1 aromatic heterocycles. The van der Waals surface area contributed by atoms with Crippen LogP contribution in [0.2, 0.25) is 0 Å². The number of carbonyl (C=O) groups excluding carboxylic acids is 2. The van der Waals surface area contributed by atoms with Crippen molar-refractivity contribution in [3.63, 3.8) is 0 Å². The first-order valence-corrected chi connectivity index (χ1v) is 8.19. The van der Waals surface area contributed by atoms with E-state index in [4.69, 9.17) is 0 Å². The summed E-state index contributed by atoms with van der Waals surface area (Å²) in [5.74, 6) is -0.164. The number of rotatable bonds is 6. The van der Waals surface area contributed by atoms with Gasteiger partial charge in [-0.25, -0.2) is 0 Å². The van der Waals surface area contributed by atoms with Crippen molar-refractivity contribution in [1.82, 2.24) is 25.3 Å². The molecule has 3 atom stereocenters. The molecule has 144 valence electrons. The Labute approximate surface area is 161 Å². The van der Waals surface area contributed by atoms with Gasteiger partial charge in [-0.2, -0.15) is 5.10 Å². The molecule has 1 aliphatic rings. The number of nitrogens with one attached hydrogen (secondary N) is 2. The maximum atomic E-state index is 12.6. The van der Waals surface area contributed by atoms with E-state index in [0.29, 0.717) is 19.4 Å². The summed E-state index contributed by atoms with van der Waals surface area (Å²) in [7, 11) is 3.60. The second-order valence-corrected chi connectivity index (χ2v) is 6.25. The van der Waals surface area contributed by atoms with Crippen molar-refractivity contribution in [2.24, 2.45) is 13.0 Å². The highest BCUT2D eigenvalue weighted by atomic mass is 35.5. The molecule has 0 spiro atoms. The third-order valence-electron chi connectivity index (χ3n) is 4.40. The van der Waals surface area contributed by atoms with Gasteiger partial charge in [0.05, 0.1) is 18.2 Å². The summed E-state index contributed by atoms with van der Waals surface area (Å²) in [5, 5.41) is 10.5. The fraction of sp³-hybridized carbons (Fsp3) is 0.688. The Hall–Kier alpha value is -1.31. The third-order valence-corrected chi connectivity index (χ3v) is 4.40. The van der Waals surface area contributed by atoms with Gasteiger partial charge in [-0.05, 0) is 19.9 Å². The number of aromatic nitrogens is 2. The maximum absolute atomic E-state index is 12.6. The van der Waals surface area contributed by atoms with Crippen molar-refractivity contribution < 1.29 is 9.59 Å². The van der Waals surface area contributed by atoms with E-state index in [1.807, 2.05) is 27.1 Å². The van der Waals surface area contributed by atoms with E-state index in [9.17, 15) is 9.59 Å². The molecule has 0 radical (unpaired) electrons. The number of hydrogen-bond donors (Lipinski definition) is 2. The van der Waals surface area contributed by atoms with Crippen LogP contribution in [0, 0.1) is 5.92 Å². The van der Waals surface area contributed by atoms with Crippen LogP contribution in [-0.2, 0) is 16.6 Å². The molecule has 0 aromatic carbocycles. The molecule has 0 bridgehead atoms. The quantitative estimate of drug-likeness (QED) is 0.762. The van der Waals surface area contributed by atoms with Crippen LogP contribution in [-0.4, -0.2) is 52.7 Å². The standard InChI is InChI=1S/C16H27N5O2.2ClH/c1-5-17-11(2)8-18-16(23)13-6-7-14(22)21(4)15(13)12-9-19-20(3)10-12;;/h9-11,13,15,17H,5-8H2,1-4H3,(H,18,23);2*1H/t11-,13?,15?;;/m1../s1. The van der Waals surface area contributed by atoms with Gasteiger partial charge in [0.25, 0.3) is 0 Å². The van der Waals surface area contributed by atoms with Gasteiger partial charge in [-0.1, -0.05) is 6.92 Å². The zero-order valence-corrected chi connectivity index (χ0v) is 16.8. The average Bonchev–Trinajstić information content (AvgIpc) is 2.93. The Bertz CT molecular complexity index is 566. The Balaban J connectivity index is 0.00000288. The van der Waals surface area contributed by atoms with Crippen molar-refractivity contribution in [2.45, 2.75) is 38.8 Å². The van der Waals surface area contributed by atoms with Crippen molar-refractivity contribution >= 4 is 36.6 Å². The van der Waals surface area contributed by atoms with Crippen molar-refractivity contribution in [3.8, 4) is 0 Å². The first-order chi connectivity index (χ1) is 10.9. The molecule has 1 aliphatic heterocycles. The van der Waals surface area contributed by atoms with E-state index >= 15 is 0 Å². The molecule has 9 heteroatoms. The van der Waals surface area contributed by atoms with Crippen LogP contribution in [0.5, 0.6) is 0 Å². The number of carbonyl (C=O) groups is 2. The van der Waals surface area contributed by atoms with Crippen LogP contribution in [0.4, 0.5) is 0 Å². The molecule has 7 nitrogen and oxygen atoms in total. The molecule has 2 unspecified atom stereocenters. The summed E-state index contributed by atoms with van der Waals surface area (Å²) < 4.78 is 1.70. The Morgan fingerprint density at radius 1 is 1.40 bits per heavy atom. The minimum atomic E-state index is -0.251. The van der Waals surface area contributed by atoms with E-state index in [2.05, 4.69) is 15.7 Å². The summed E-state index contributed by atoms with van der Waals surface area (Å²) in [5.41, 5.74) is 0.905. The summed E-state index contributed by atoms with van der Waals surface area (Å²) in [6.07, 6.45) is 4.60. The molecule has 2 N–H and O–H groups in total. The van der Waals surface area contributed by atoms with E-state index in [1.165, 1.54) is 0 Å². The van der Waals surface area contributed by atoms with E-state index in [-0.39, 0.29) is 54.6 Å². The van der Waals surface area contributed by atoms with Gasteiger partial charge in [0.2, 0.25) is 11.8 Å². The van der Waals surface area contributed by atoms with Gasteiger partial charge in [0.1, 0.15) is 0 Å². The lowest BCUT2D eigenvalue weighted by Gasteiger charge is -2.37. The van der Waals surface area contributed by atoms with E-state index < -0.39 is 0 Å². The summed E-state index contributed by atoms with van der Waals surface area (Å²) in [4.78, 5) is 26.4. The number of amides is 2. The van der Waals surface area contributed by atoms with Crippen molar-refractivity contribution in [2.75, 3.05) is 20.1 Å². The van der Waals surface area contributed by atoms with Crippen LogP contribution >= 0.6 is 24.8 Å². The highest BCUT2D eigenvalue weighted by Crippen LogP contribution is 2.35. The second kappa shape index (κ2) is 10.6. The molecule has 0 saturated carbocycles. The number of hydrogen-bond acceptors (Lipinski definition) is 4. The topological polar surface area (TPSA) is 79.3 Å². The molecule has 1 saturated heterocycles. The minimum absolute atomic E-state index is 0. The van der Waals surface area contributed by atoms with E-state index in [1.54, 1.807) is 22.8 Å². The number of aryl methyl sites for hydroxylation is 1. The van der Waals surface area contributed by atoms with Gasteiger partial charge in [0, 0.05) is 44.9 Å². The Morgan fingerprint density at radius 3 is 2.64 bits per heavy atom. The fourth-order valence-corrected chi connectivity index (χ4v) is 3.17. The van der Waals surface area contributed by atoms with Gasteiger partial charge >= 0.3 is 0 Å². The van der Waals surface area contributed by atoms with Crippen LogP contribution in [0.3, 0.4) is 0 Å². The fourth-order valence-electron chi connectivity index (χ4n) is 3.17. The second-order valence-electron chi connectivity index (χ2n) is 6.25. The van der Waals surface area contributed by atoms with Gasteiger partial charge in [-0.3, -0.25) is 14.3 Å². The first kappa shape index (κ1) is 23.7. The first-order valence-electron chi connectivity index (χ1n) is 8.19. The molecule has 2 rings (SSSR count). The van der Waals surface area contributed by atoms with Gasteiger partial charge < -0.3 is 15.5 Å². The van der Waals surface area contributed by atoms with Crippen LogP contribution < -0.4 is 10.6 Å². The maximum Gasteiger partial charge on any atom is 0.225 e. The van der Waals surface area contributed by atoms with Crippen LogP contribution in [0.25, 0.3) is 0 Å². The Kier molecular flexibility index (Phi) is 10.1. The molecule has 1 aromatic rings. The molecule has 0 aliphatic carbocycles. The lowest BCUT2D eigenvalue weighted by molar-refractivity contribution is -0.141. The predicted octanol–water partition coefficient (Wildman–Crippen LogP) is 1.29. The lowest BCUT2D eigenvalue weighted by Crippen LogP contribution is -2.48. The normalized spacial score (nSPS) is 21.1. The lowest BCUT2D eigenvalue weighted by atomic mass is 9.85. The minimum Gasteiger partial charge on any atom is -0.354 e. The van der Waals surface area contributed by atoms with E-state index in [0.717, 1.165) is 12.1 Å². The SMILES string of the molecule is CCN[C@H](C)CNC(=O)C1CCC(=O)N(C)C1c1cnn(C)c1.Cl.Cl. The van der Waals surface area contributed by atoms with Crippen molar-refractivity contribution in [1.29, 1.82) is 0 Å². The van der Waals surface area contributed by atoms with Crippen LogP contribution in [0.1, 0.15) is 38.3 Å². The number of likely N-dealkylation sites (tertiary alicyclic amines) is 1. The molecular formula is C16H29Cl2N5O2. The molecule has 1 fully saturated rings. The van der Waals surface area contributed by atoms with Gasteiger partial charge in [0.15, 0.2) is 0 Å². The summed E-state index contributed by atoms with van der Waals surface area (Å²) in [6.45, 7) is 5.54. The highest BCUT2D eigenvalue weighted by molar-refractivity contribution is 5.86. The number of piperidine rings is 1. The number of halogens is 2. The largest absolute Gasteiger partial charge is 0.354 e. The molecule has 25 heavy (non-hydrogen) atoms.